The van der Waals surface area contributed by atoms with Crippen LogP contribution in [0.3, 0.4) is 0 Å². The van der Waals surface area contributed by atoms with Crippen molar-refractivity contribution in [2.75, 3.05) is 0 Å². The predicted molar refractivity (Wildman–Crippen MR) is 89.3 cm³/mol. The van der Waals surface area contributed by atoms with Crippen LogP contribution in [0.25, 0.3) is 6.08 Å². The fourth-order valence-corrected chi connectivity index (χ4v) is 2.24. The van der Waals surface area contributed by atoms with Crippen molar-refractivity contribution < 1.29 is 9.59 Å². The Kier molecular flexibility index (Phi) is 5.60. The van der Waals surface area contributed by atoms with E-state index in [1.54, 1.807) is 6.92 Å². The van der Waals surface area contributed by atoms with Crippen molar-refractivity contribution in [3.63, 3.8) is 0 Å². The summed E-state index contributed by atoms with van der Waals surface area (Å²) in [7, 11) is 0. The lowest BCUT2D eigenvalue weighted by molar-refractivity contribution is -0.127. The lowest BCUT2D eigenvalue weighted by atomic mass is 10.0. The number of benzene rings is 1. The molecule has 2 amide bonds. The van der Waals surface area contributed by atoms with E-state index in [1.807, 2.05) is 36.4 Å². The molecule has 1 aromatic rings. The van der Waals surface area contributed by atoms with Crippen LogP contribution in [-0.4, -0.2) is 23.7 Å². The van der Waals surface area contributed by atoms with Crippen LogP contribution in [0.2, 0.25) is 0 Å². The first-order valence-electron chi connectivity index (χ1n) is 6.64. The fourth-order valence-electron chi connectivity index (χ4n) is 1.87. The lowest BCUT2D eigenvalue weighted by Gasteiger charge is -2.05. The summed E-state index contributed by atoms with van der Waals surface area (Å²) in [5.74, 6) is -1.12. The summed E-state index contributed by atoms with van der Waals surface area (Å²) in [6.45, 7) is 1.71. The van der Waals surface area contributed by atoms with Gasteiger partial charge in [-0.2, -0.15) is 10.2 Å². The molecule has 1 aromatic carbocycles. The molecule has 0 aromatic heterocycles. The molecule has 1 atom stereocenters. The third-order valence-electron chi connectivity index (χ3n) is 3.03. The minimum atomic E-state index is -0.515. The molecular formula is C15H15BrN4O2. The molecule has 1 heterocycles. The molecule has 1 aliphatic rings. The first-order chi connectivity index (χ1) is 10.6. The topological polar surface area (TPSA) is 82.9 Å². The summed E-state index contributed by atoms with van der Waals surface area (Å²) in [4.78, 5) is 23.2. The van der Waals surface area contributed by atoms with Crippen molar-refractivity contribution in [2.45, 2.75) is 13.3 Å². The van der Waals surface area contributed by atoms with Gasteiger partial charge in [0.15, 0.2) is 0 Å². The van der Waals surface area contributed by atoms with Crippen LogP contribution in [0.4, 0.5) is 0 Å². The number of halogens is 1. The van der Waals surface area contributed by atoms with E-state index in [0.717, 1.165) is 10.0 Å². The van der Waals surface area contributed by atoms with Crippen LogP contribution < -0.4 is 10.9 Å². The van der Waals surface area contributed by atoms with Crippen molar-refractivity contribution in [3.05, 3.63) is 40.4 Å². The van der Waals surface area contributed by atoms with Crippen molar-refractivity contribution in [1.29, 1.82) is 0 Å². The number of nitrogens with zero attached hydrogens (tertiary/aromatic N) is 2. The Morgan fingerprint density at radius 3 is 2.82 bits per heavy atom. The Bertz CT molecular complexity index is 653. The average molecular weight is 363 g/mol. The molecule has 2 N–H and O–H groups in total. The Hall–Kier alpha value is -2.28. The molecule has 0 saturated heterocycles. The predicted octanol–water partition coefficient (Wildman–Crippen LogP) is 2.04. The van der Waals surface area contributed by atoms with E-state index in [0.29, 0.717) is 5.71 Å². The highest BCUT2D eigenvalue weighted by molar-refractivity contribution is 9.12. The van der Waals surface area contributed by atoms with Crippen molar-refractivity contribution >= 4 is 45.7 Å². The van der Waals surface area contributed by atoms with Gasteiger partial charge >= 0.3 is 0 Å². The number of hydrogen-bond acceptors (Lipinski definition) is 4. The number of carbonyl (C=O) groups is 2. The molecule has 7 heteroatoms. The smallest absolute Gasteiger partial charge is 0.249 e. The quantitative estimate of drug-likeness (QED) is 0.620. The monoisotopic (exact) mass is 362 g/mol. The second-order valence-corrected chi connectivity index (χ2v) is 5.63. The Morgan fingerprint density at radius 1 is 1.45 bits per heavy atom. The zero-order valence-corrected chi connectivity index (χ0v) is 13.5. The third kappa shape index (κ3) is 4.63. The number of nitrogens with one attached hydrogen (secondary N) is 2. The number of allylic oxidation sites excluding steroid dienone is 1. The first-order valence-corrected chi connectivity index (χ1v) is 7.44. The maximum absolute atomic E-state index is 11.7. The van der Waals surface area contributed by atoms with Gasteiger partial charge in [-0.15, -0.1) is 0 Å². The summed E-state index contributed by atoms with van der Waals surface area (Å²) in [5.41, 5.74) is 6.35. The Morgan fingerprint density at radius 2 is 2.18 bits per heavy atom. The molecule has 1 aliphatic heterocycles. The highest BCUT2D eigenvalue weighted by atomic mass is 79.9. The van der Waals surface area contributed by atoms with Gasteiger partial charge in [0, 0.05) is 16.6 Å². The molecule has 0 saturated carbocycles. The summed E-state index contributed by atoms with van der Waals surface area (Å²) in [5, 5.41) is 7.64. The maximum atomic E-state index is 11.7. The largest absolute Gasteiger partial charge is 0.273 e. The summed E-state index contributed by atoms with van der Waals surface area (Å²) in [6.07, 6.45) is 3.38. The van der Waals surface area contributed by atoms with Gasteiger partial charge in [0.2, 0.25) is 11.8 Å². The molecular weight excluding hydrogens is 348 g/mol. The summed E-state index contributed by atoms with van der Waals surface area (Å²) in [6, 6.07) is 9.70. The second kappa shape index (κ2) is 7.65. The van der Waals surface area contributed by atoms with E-state index in [4.69, 9.17) is 0 Å². The lowest BCUT2D eigenvalue weighted by Crippen LogP contribution is -2.29. The zero-order valence-electron chi connectivity index (χ0n) is 11.9. The number of hydrazone groups is 2. The minimum Gasteiger partial charge on any atom is -0.273 e. The van der Waals surface area contributed by atoms with Crippen molar-refractivity contribution in [3.8, 4) is 0 Å². The van der Waals surface area contributed by atoms with Gasteiger partial charge in [-0.3, -0.25) is 9.59 Å². The normalized spacial score (nSPS) is 18.3. The molecule has 0 bridgehead atoms. The fraction of sp³-hybridized carbons (Fsp3) is 0.200. The van der Waals surface area contributed by atoms with E-state index in [2.05, 4.69) is 37.0 Å². The van der Waals surface area contributed by atoms with Crippen LogP contribution in [0.5, 0.6) is 0 Å². The highest BCUT2D eigenvalue weighted by Crippen LogP contribution is 2.12. The van der Waals surface area contributed by atoms with E-state index >= 15 is 0 Å². The Labute approximate surface area is 136 Å². The molecule has 0 radical (unpaired) electrons. The van der Waals surface area contributed by atoms with Crippen LogP contribution in [0.15, 0.2) is 45.0 Å². The molecule has 6 nitrogen and oxygen atoms in total. The SMILES string of the molecule is CC1=NNC(=O)C1CC(=O)NN=CC(Br)=Cc1ccccc1. The van der Waals surface area contributed by atoms with Gasteiger partial charge in [0.1, 0.15) is 0 Å². The zero-order chi connectivity index (χ0) is 15.9. The Balaban J connectivity index is 1.84. The highest BCUT2D eigenvalue weighted by Gasteiger charge is 2.28. The van der Waals surface area contributed by atoms with Crippen molar-refractivity contribution in [2.24, 2.45) is 16.1 Å². The summed E-state index contributed by atoms with van der Waals surface area (Å²) < 4.78 is 0.718. The molecule has 0 aliphatic carbocycles. The van der Waals surface area contributed by atoms with Gasteiger partial charge in [0.25, 0.3) is 0 Å². The van der Waals surface area contributed by atoms with Gasteiger partial charge in [-0.25, -0.2) is 10.9 Å². The number of hydrogen-bond donors (Lipinski definition) is 2. The van der Waals surface area contributed by atoms with Crippen LogP contribution in [-0.2, 0) is 9.59 Å². The molecule has 1 unspecified atom stereocenters. The van der Waals surface area contributed by atoms with Gasteiger partial charge in [-0.1, -0.05) is 30.3 Å². The van der Waals surface area contributed by atoms with E-state index in [9.17, 15) is 9.59 Å². The van der Waals surface area contributed by atoms with Gasteiger partial charge in [-0.05, 0) is 34.5 Å². The number of amides is 2. The standard InChI is InChI=1S/C15H15BrN4O2/c1-10-13(15(22)20-18-10)8-14(21)19-17-9-12(16)7-11-5-3-2-4-6-11/h2-7,9,13H,8H2,1H3,(H,19,21)(H,20,22). The molecule has 2 rings (SSSR count). The molecule has 114 valence electrons. The third-order valence-corrected chi connectivity index (χ3v) is 3.47. The second-order valence-electron chi connectivity index (χ2n) is 4.72. The molecule has 22 heavy (non-hydrogen) atoms. The first kappa shape index (κ1) is 16.1. The molecule has 0 spiro atoms. The van der Waals surface area contributed by atoms with E-state index in [-0.39, 0.29) is 18.2 Å². The minimum absolute atomic E-state index is 0.0263. The summed E-state index contributed by atoms with van der Waals surface area (Å²) >= 11 is 3.35. The maximum Gasteiger partial charge on any atom is 0.249 e. The van der Waals surface area contributed by atoms with Crippen LogP contribution in [0.1, 0.15) is 18.9 Å². The molecule has 0 fully saturated rings. The van der Waals surface area contributed by atoms with Crippen LogP contribution >= 0.6 is 15.9 Å². The number of rotatable bonds is 5. The van der Waals surface area contributed by atoms with E-state index in [1.165, 1.54) is 6.21 Å². The van der Waals surface area contributed by atoms with Crippen molar-refractivity contribution in [1.82, 2.24) is 10.9 Å². The van der Waals surface area contributed by atoms with E-state index < -0.39 is 5.92 Å². The average Bonchev–Trinajstić information content (AvgIpc) is 2.80. The number of carbonyl (C=O) groups excluding carboxylic acids is 2. The van der Waals surface area contributed by atoms with Gasteiger partial charge in [0.05, 0.1) is 12.1 Å². The van der Waals surface area contributed by atoms with Gasteiger partial charge < -0.3 is 0 Å². The van der Waals surface area contributed by atoms with Crippen LogP contribution in [0, 0.1) is 5.92 Å².